The maximum absolute atomic E-state index is 6.42. The molecule has 2 saturated heterocycles. The summed E-state index contributed by atoms with van der Waals surface area (Å²) < 4.78 is 0. The van der Waals surface area contributed by atoms with Gasteiger partial charge in [-0.2, -0.15) is 0 Å². The second-order valence-corrected chi connectivity index (χ2v) is 5.83. The van der Waals surface area contributed by atoms with Gasteiger partial charge in [-0.25, -0.2) is 0 Å². The van der Waals surface area contributed by atoms with Crippen LogP contribution in [0.2, 0.25) is 0 Å². The fourth-order valence-corrected chi connectivity index (χ4v) is 3.79. The highest BCUT2D eigenvalue weighted by Gasteiger charge is 2.47. The van der Waals surface area contributed by atoms with E-state index in [2.05, 4.69) is 23.6 Å². The van der Waals surface area contributed by atoms with Crippen molar-refractivity contribution < 1.29 is 0 Å². The van der Waals surface area contributed by atoms with Gasteiger partial charge in [-0.15, -0.1) is 0 Å². The van der Waals surface area contributed by atoms with Gasteiger partial charge in [0.25, 0.3) is 0 Å². The number of hydrogen-bond donors (Lipinski definition) is 1. The molecule has 17 heavy (non-hydrogen) atoms. The lowest BCUT2D eigenvalue weighted by molar-refractivity contribution is 0.0438. The van der Waals surface area contributed by atoms with Crippen molar-refractivity contribution in [1.29, 1.82) is 0 Å². The lowest BCUT2D eigenvalue weighted by Gasteiger charge is -2.47. The normalized spacial score (nSPS) is 30.2. The van der Waals surface area contributed by atoms with E-state index in [1.165, 1.54) is 64.8 Å². The second-order valence-electron chi connectivity index (χ2n) is 5.83. The summed E-state index contributed by atoms with van der Waals surface area (Å²) in [6.45, 7) is 10.8. The molecule has 2 heterocycles. The van der Waals surface area contributed by atoms with Gasteiger partial charge in [0, 0.05) is 18.1 Å². The Labute approximate surface area is 106 Å². The Morgan fingerprint density at radius 2 is 1.71 bits per heavy atom. The summed E-state index contributed by atoms with van der Waals surface area (Å²) in [7, 11) is 0. The number of rotatable bonds is 4. The van der Waals surface area contributed by atoms with Crippen LogP contribution in [0.15, 0.2) is 0 Å². The maximum atomic E-state index is 6.42. The van der Waals surface area contributed by atoms with Gasteiger partial charge in [-0.1, -0.05) is 13.8 Å². The summed E-state index contributed by atoms with van der Waals surface area (Å²) in [6, 6.07) is 0.415. The SMILES string of the molecule is CCCN1CCC2(CC1)C(N)CCN2CCC. The van der Waals surface area contributed by atoms with E-state index in [-0.39, 0.29) is 0 Å². The molecule has 3 nitrogen and oxygen atoms in total. The maximum Gasteiger partial charge on any atom is 0.0385 e. The number of piperidine rings is 1. The fraction of sp³-hybridized carbons (Fsp3) is 1.00. The summed E-state index contributed by atoms with van der Waals surface area (Å²) in [5.74, 6) is 0. The highest BCUT2D eigenvalue weighted by molar-refractivity contribution is 5.06. The average Bonchev–Trinajstić information content (AvgIpc) is 2.62. The molecule has 1 unspecified atom stereocenters. The van der Waals surface area contributed by atoms with E-state index < -0.39 is 0 Å². The summed E-state index contributed by atoms with van der Waals surface area (Å²) in [6.07, 6.45) is 6.31. The van der Waals surface area contributed by atoms with Crippen LogP contribution >= 0.6 is 0 Å². The van der Waals surface area contributed by atoms with Crippen LogP contribution in [0.5, 0.6) is 0 Å². The van der Waals surface area contributed by atoms with Crippen LogP contribution in [0.4, 0.5) is 0 Å². The summed E-state index contributed by atoms with van der Waals surface area (Å²) in [4.78, 5) is 5.31. The number of likely N-dealkylation sites (tertiary alicyclic amines) is 2. The Hall–Kier alpha value is -0.120. The number of nitrogens with zero attached hydrogens (tertiary/aromatic N) is 2. The summed E-state index contributed by atoms with van der Waals surface area (Å²) in [5.41, 5.74) is 6.77. The quantitative estimate of drug-likeness (QED) is 0.810. The lowest BCUT2D eigenvalue weighted by Crippen LogP contribution is -2.59. The van der Waals surface area contributed by atoms with E-state index in [1.807, 2.05) is 0 Å². The predicted octanol–water partition coefficient (Wildman–Crippen LogP) is 1.67. The molecule has 3 heteroatoms. The van der Waals surface area contributed by atoms with Gasteiger partial charge in [0.1, 0.15) is 0 Å². The standard InChI is InChI=1S/C14H29N3/c1-3-8-16-11-6-14(7-12-16)13(15)5-10-17(14)9-4-2/h13H,3-12,15H2,1-2H3. The minimum atomic E-state index is 0.347. The van der Waals surface area contributed by atoms with E-state index in [0.29, 0.717) is 11.6 Å². The lowest BCUT2D eigenvalue weighted by atomic mass is 9.81. The Morgan fingerprint density at radius 3 is 2.29 bits per heavy atom. The van der Waals surface area contributed by atoms with Gasteiger partial charge in [0.15, 0.2) is 0 Å². The summed E-state index contributed by atoms with van der Waals surface area (Å²) in [5, 5.41) is 0. The van der Waals surface area contributed by atoms with Crippen LogP contribution in [0.25, 0.3) is 0 Å². The van der Waals surface area contributed by atoms with E-state index in [9.17, 15) is 0 Å². The van der Waals surface area contributed by atoms with Crippen molar-refractivity contribution in [2.45, 2.75) is 57.5 Å². The molecule has 0 amide bonds. The molecule has 0 radical (unpaired) electrons. The molecule has 2 aliphatic rings. The van der Waals surface area contributed by atoms with Crippen LogP contribution in [-0.2, 0) is 0 Å². The van der Waals surface area contributed by atoms with Crippen molar-refractivity contribution in [3.8, 4) is 0 Å². The average molecular weight is 239 g/mol. The largest absolute Gasteiger partial charge is 0.326 e. The van der Waals surface area contributed by atoms with Crippen LogP contribution in [0.1, 0.15) is 46.0 Å². The van der Waals surface area contributed by atoms with Crippen molar-refractivity contribution >= 4 is 0 Å². The Bertz CT molecular complexity index is 232. The van der Waals surface area contributed by atoms with E-state index in [1.54, 1.807) is 0 Å². The molecule has 0 aromatic rings. The van der Waals surface area contributed by atoms with Crippen LogP contribution in [-0.4, -0.2) is 54.1 Å². The first-order valence-corrected chi connectivity index (χ1v) is 7.46. The van der Waals surface area contributed by atoms with Gasteiger partial charge in [0.2, 0.25) is 0 Å². The number of hydrogen-bond acceptors (Lipinski definition) is 3. The molecule has 0 aromatic heterocycles. The zero-order chi connectivity index (χ0) is 12.3. The first kappa shape index (κ1) is 13.3. The first-order chi connectivity index (χ1) is 8.23. The minimum Gasteiger partial charge on any atom is -0.326 e. The first-order valence-electron chi connectivity index (χ1n) is 7.46. The van der Waals surface area contributed by atoms with Crippen molar-refractivity contribution in [1.82, 2.24) is 9.80 Å². The van der Waals surface area contributed by atoms with Gasteiger partial charge in [-0.05, 0) is 58.3 Å². The fourth-order valence-electron chi connectivity index (χ4n) is 3.79. The van der Waals surface area contributed by atoms with Gasteiger partial charge >= 0.3 is 0 Å². The zero-order valence-electron chi connectivity index (χ0n) is 11.6. The molecule has 2 N–H and O–H groups in total. The predicted molar refractivity (Wildman–Crippen MR) is 73.2 cm³/mol. The third-order valence-electron chi connectivity index (χ3n) is 4.79. The Kier molecular flexibility index (Phi) is 4.45. The van der Waals surface area contributed by atoms with E-state index in [4.69, 9.17) is 5.73 Å². The molecule has 2 fully saturated rings. The second kappa shape index (κ2) is 5.68. The smallest absolute Gasteiger partial charge is 0.0385 e. The zero-order valence-corrected chi connectivity index (χ0v) is 11.6. The molecule has 1 atom stereocenters. The molecule has 2 rings (SSSR count). The molecule has 2 aliphatic heterocycles. The van der Waals surface area contributed by atoms with Crippen molar-refractivity contribution in [2.24, 2.45) is 5.73 Å². The van der Waals surface area contributed by atoms with Gasteiger partial charge < -0.3 is 10.6 Å². The van der Waals surface area contributed by atoms with Crippen molar-refractivity contribution in [3.63, 3.8) is 0 Å². The Balaban J connectivity index is 1.98. The van der Waals surface area contributed by atoms with Gasteiger partial charge in [0.05, 0.1) is 0 Å². The Morgan fingerprint density at radius 1 is 1.06 bits per heavy atom. The van der Waals surface area contributed by atoms with Crippen LogP contribution in [0.3, 0.4) is 0 Å². The van der Waals surface area contributed by atoms with Crippen molar-refractivity contribution in [3.05, 3.63) is 0 Å². The molecular formula is C14H29N3. The van der Waals surface area contributed by atoms with Crippen molar-refractivity contribution in [2.75, 3.05) is 32.7 Å². The third-order valence-corrected chi connectivity index (χ3v) is 4.79. The highest BCUT2D eigenvalue weighted by Crippen LogP contribution is 2.37. The van der Waals surface area contributed by atoms with Gasteiger partial charge in [-0.3, -0.25) is 4.90 Å². The topological polar surface area (TPSA) is 32.5 Å². The molecule has 0 aliphatic carbocycles. The molecule has 0 saturated carbocycles. The van der Waals surface area contributed by atoms with Crippen LogP contribution < -0.4 is 5.73 Å². The number of nitrogens with two attached hydrogens (primary N) is 1. The molecule has 0 bridgehead atoms. The third kappa shape index (κ3) is 2.51. The summed E-state index contributed by atoms with van der Waals surface area (Å²) >= 11 is 0. The molecule has 0 aromatic carbocycles. The van der Waals surface area contributed by atoms with Crippen LogP contribution in [0, 0.1) is 0 Å². The molecular weight excluding hydrogens is 210 g/mol. The minimum absolute atomic E-state index is 0.347. The monoisotopic (exact) mass is 239 g/mol. The molecule has 100 valence electrons. The highest BCUT2D eigenvalue weighted by atomic mass is 15.3. The molecule has 1 spiro atoms. The van der Waals surface area contributed by atoms with E-state index in [0.717, 1.165) is 0 Å². The van der Waals surface area contributed by atoms with E-state index >= 15 is 0 Å².